The summed E-state index contributed by atoms with van der Waals surface area (Å²) >= 11 is 0. The first kappa shape index (κ1) is 13.5. The van der Waals surface area contributed by atoms with Crippen molar-refractivity contribution in [2.45, 2.75) is 52.0 Å². The number of likely N-dealkylation sites (N-methyl/N-ethyl adjacent to an activating group) is 1. The Labute approximate surface area is 111 Å². The fourth-order valence-electron chi connectivity index (χ4n) is 3.07. The Morgan fingerprint density at radius 2 is 2.06 bits per heavy atom. The van der Waals surface area contributed by atoms with Crippen molar-refractivity contribution >= 4 is 0 Å². The summed E-state index contributed by atoms with van der Waals surface area (Å²) in [6.45, 7) is 4.80. The second-order valence-electron chi connectivity index (χ2n) is 6.42. The highest BCUT2D eigenvalue weighted by Gasteiger charge is 2.30. The molecule has 1 unspecified atom stereocenters. The highest BCUT2D eigenvalue weighted by Crippen LogP contribution is 2.39. The highest BCUT2D eigenvalue weighted by atomic mass is 14.9. The normalized spacial score (nSPS) is 21.7. The zero-order valence-electron chi connectivity index (χ0n) is 11.9. The number of hydrogen-bond acceptors (Lipinski definition) is 2. The van der Waals surface area contributed by atoms with Crippen molar-refractivity contribution in [3.05, 3.63) is 30.1 Å². The maximum absolute atomic E-state index is 4.45. The van der Waals surface area contributed by atoms with E-state index in [4.69, 9.17) is 0 Å². The van der Waals surface area contributed by atoms with Crippen LogP contribution in [0.2, 0.25) is 0 Å². The van der Waals surface area contributed by atoms with Gasteiger partial charge in [-0.2, -0.15) is 0 Å². The molecule has 2 rings (SSSR count). The number of nitrogens with one attached hydrogen (secondary N) is 1. The molecule has 1 aliphatic rings. The van der Waals surface area contributed by atoms with E-state index < -0.39 is 0 Å². The Hall–Kier alpha value is -0.890. The first-order valence-electron chi connectivity index (χ1n) is 7.18. The van der Waals surface area contributed by atoms with Crippen LogP contribution in [0.4, 0.5) is 0 Å². The summed E-state index contributed by atoms with van der Waals surface area (Å²) in [6, 6.07) is 6.79. The predicted octanol–water partition coefficient (Wildman–Crippen LogP) is 3.43. The lowest BCUT2D eigenvalue weighted by Gasteiger charge is -2.38. The molecule has 2 nitrogen and oxygen atoms in total. The molecule has 0 radical (unpaired) electrons. The molecule has 1 aromatic rings. The van der Waals surface area contributed by atoms with E-state index in [-0.39, 0.29) is 0 Å². The maximum Gasteiger partial charge on any atom is 0.0419 e. The molecule has 0 amide bonds. The Bertz CT molecular complexity index is 349. The summed E-state index contributed by atoms with van der Waals surface area (Å²) in [6.07, 6.45) is 8.38. The minimum absolute atomic E-state index is 0.555. The average molecular weight is 246 g/mol. The molecule has 0 aliphatic heterocycles. The molecule has 0 spiro atoms. The molecule has 1 heterocycles. The summed E-state index contributed by atoms with van der Waals surface area (Å²) in [5, 5.41) is 3.51. The molecule has 1 N–H and O–H groups in total. The van der Waals surface area contributed by atoms with Gasteiger partial charge >= 0.3 is 0 Å². The molecule has 1 aromatic heterocycles. The van der Waals surface area contributed by atoms with Crippen LogP contribution in [-0.4, -0.2) is 18.1 Å². The number of pyridine rings is 1. The van der Waals surface area contributed by atoms with E-state index in [0.717, 1.165) is 12.3 Å². The molecular formula is C16H26N2. The lowest BCUT2D eigenvalue weighted by Crippen LogP contribution is -2.39. The van der Waals surface area contributed by atoms with Gasteiger partial charge < -0.3 is 5.32 Å². The average Bonchev–Trinajstić information content (AvgIpc) is 2.38. The smallest absolute Gasteiger partial charge is 0.0419 e. The number of hydrogen-bond donors (Lipinski definition) is 1. The van der Waals surface area contributed by atoms with E-state index in [1.165, 1.54) is 31.4 Å². The van der Waals surface area contributed by atoms with Crippen molar-refractivity contribution in [1.29, 1.82) is 0 Å². The number of nitrogens with zero attached hydrogens (tertiary/aromatic N) is 1. The molecule has 1 atom stereocenters. The van der Waals surface area contributed by atoms with Crippen LogP contribution in [0, 0.1) is 11.3 Å². The van der Waals surface area contributed by atoms with Gasteiger partial charge in [0.1, 0.15) is 0 Å². The first-order valence-corrected chi connectivity index (χ1v) is 7.18. The molecule has 1 aliphatic carbocycles. The monoisotopic (exact) mass is 246 g/mol. The fraction of sp³-hybridized carbons (Fsp3) is 0.688. The van der Waals surface area contributed by atoms with Gasteiger partial charge in [0.15, 0.2) is 0 Å². The van der Waals surface area contributed by atoms with Crippen molar-refractivity contribution < 1.29 is 0 Å². The van der Waals surface area contributed by atoms with E-state index in [1.807, 2.05) is 12.3 Å². The van der Waals surface area contributed by atoms with Gasteiger partial charge in [0.25, 0.3) is 0 Å². The van der Waals surface area contributed by atoms with Crippen LogP contribution in [0.5, 0.6) is 0 Å². The van der Waals surface area contributed by atoms with Gasteiger partial charge in [0, 0.05) is 24.4 Å². The molecule has 0 aromatic carbocycles. The summed E-state index contributed by atoms with van der Waals surface area (Å²) in [5.74, 6) is 0.810. The second kappa shape index (κ2) is 5.83. The van der Waals surface area contributed by atoms with Gasteiger partial charge in [-0.25, -0.2) is 0 Å². The van der Waals surface area contributed by atoms with Crippen LogP contribution in [-0.2, 0) is 6.42 Å². The van der Waals surface area contributed by atoms with Gasteiger partial charge in [-0.15, -0.1) is 0 Å². The van der Waals surface area contributed by atoms with E-state index in [2.05, 4.69) is 43.3 Å². The van der Waals surface area contributed by atoms with E-state index in [0.29, 0.717) is 11.5 Å². The van der Waals surface area contributed by atoms with Crippen LogP contribution in [0.1, 0.15) is 45.2 Å². The Kier molecular flexibility index (Phi) is 4.39. The van der Waals surface area contributed by atoms with Crippen LogP contribution < -0.4 is 5.32 Å². The van der Waals surface area contributed by atoms with Gasteiger partial charge in [0.05, 0.1) is 0 Å². The Balaban J connectivity index is 1.94. The second-order valence-corrected chi connectivity index (χ2v) is 6.42. The first-order chi connectivity index (χ1) is 8.61. The topological polar surface area (TPSA) is 24.9 Å². The lowest BCUT2D eigenvalue weighted by atomic mass is 9.70. The Morgan fingerprint density at radius 1 is 1.33 bits per heavy atom. The zero-order valence-corrected chi connectivity index (χ0v) is 11.9. The molecule has 0 bridgehead atoms. The third kappa shape index (κ3) is 3.55. The maximum atomic E-state index is 4.45. The van der Waals surface area contributed by atoms with Crippen LogP contribution >= 0.6 is 0 Å². The minimum atomic E-state index is 0.555. The van der Waals surface area contributed by atoms with E-state index in [1.54, 1.807) is 0 Å². The molecule has 1 saturated carbocycles. The Morgan fingerprint density at radius 3 is 2.61 bits per heavy atom. The van der Waals surface area contributed by atoms with Crippen molar-refractivity contribution in [1.82, 2.24) is 10.3 Å². The van der Waals surface area contributed by atoms with Gasteiger partial charge in [-0.3, -0.25) is 4.98 Å². The predicted molar refractivity (Wildman–Crippen MR) is 76.5 cm³/mol. The summed E-state index contributed by atoms with van der Waals surface area (Å²) in [4.78, 5) is 4.45. The largest absolute Gasteiger partial charge is 0.316 e. The van der Waals surface area contributed by atoms with Gasteiger partial charge in [-0.05, 0) is 56.2 Å². The van der Waals surface area contributed by atoms with Gasteiger partial charge in [-0.1, -0.05) is 19.9 Å². The quantitative estimate of drug-likeness (QED) is 0.880. The molecule has 18 heavy (non-hydrogen) atoms. The third-order valence-electron chi connectivity index (χ3n) is 4.48. The van der Waals surface area contributed by atoms with E-state index in [9.17, 15) is 0 Å². The number of rotatable bonds is 4. The van der Waals surface area contributed by atoms with Crippen molar-refractivity contribution in [2.24, 2.45) is 11.3 Å². The minimum Gasteiger partial charge on any atom is -0.316 e. The van der Waals surface area contributed by atoms with Crippen LogP contribution in [0.3, 0.4) is 0 Å². The summed E-state index contributed by atoms with van der Waals surface area (Å²) in [5.41, 5.74) is 1.77. The van der Waals surface area contributed by atoms with Crippen LogP contribution in [0.25, 0.3) is 0 Å². The lowest BCUT2D eigenvalue weighted by molar-refractivity contribution is 0.163. The highest BCUT2D eigenvalue weighted by molar-refractivity contribution is 5.06. The molecular weight excluding hydrogens is 220 g/mol. The van der Waals surface area contributed by atoms with Gasteiger partial charge in [0.2, 0.25) is 0 Å². The number of aromatic nitrogens is 1. The molecule has 100 valence electrons. The van der Waals surface area contributed by atoms with E-state index >= 15 is 0 Å². The van der Waals surface area contributed by atoms with Crippen molar-refractivity contribution in [3.8, 4) is 0 Å². The third-order valence-corrected chi connectivity index (χ3v) is 4.48. The SMILES string of the molecule is CNC(Cc1ccccn1)C1CCC(C)(C)CC1. The van der Waals surface area contributed by atoms with Crippen molar-refractivity contribution in [3.63, 3.8) is 0 Å². The fourth-order valence-corrected chi connectivity index (χ4v) is 3.07. The summed E-state index contributed by atoms with van der Waals surface area (Å²) in [7, 11) is 2.09. The van der Waals surface area contributed by atoms with Crippen LogP contribution in [0.15, 0.2) is 24.4 Å². The molecule has 0 saturated heterocycles. The summed E-state index contributed by atoms with van der Waals surface area (Å²) < 4.78 is 0. The molecule has 1 fully saturated rings. The van der Waals surface area contributed by atoms with Crippen molar-refractivity contribution in [2.75, 3.05) is 7.05 Å². The zero-order chi connectivity index (χ0) is 13.0. The standard InChI is InChI=1S/C16H26N2/c1-16(2)9-7-13(8-10-16)15(17-3)12-14-6-4-5-11-18-14/h4-6,11,13,15,17H,7-10,12H2,1-3H3. The molecule has 2 heteroatoms.